The highest BCUT2D eigenvalue weighted by Crippen LogP contribution is 2.38. The number of nitrogens with zero attached hydrogens (tertiary/aromatic N) is 2. The van der Waals surface area contributed by atoms with Gasteiger partial charge in [-0.2, -0.15) is 0 Å². The standard InChI is InChI=1S/C28H28N4O3/c1-35-28(34)20-10-11-24-23(16-20)25(27(33)31-24)26(21-8-6-12-29-17-21)30-22-9-5-7-19(15-22)18-32-13-3-2-4-14-32/h5-12,15-17,30H,2-4,13-14,18H2,1H3,(H,31,33)/b26-25-. The number of methoxy groups -OCH3 is 1. The first-order chi connectivity index (χ1) is 17.1. The van der Waals surface area contributed by atoms with Crippen LogP contribution in [-0.4, -0.2) is 42.0 Å². The quantitative estimate of drug-likeness (QED) is 0.400. The van der Waals surface area contributed by atoms with Crippen molar-refractivity contribution in [2.24, 2.45) is 0 Å². The Hall–Kier alpha value is -3.97. The van der Waals surface area contributed by atoms with Crippen LogP contribution in [0.25, 0.3) is 11.3 Å². The number of pyridine rings is 1. The number of benzene rings is 2. The topological polar surface area (TPSA) is 83.6 Å². The molecule has 0 unspecified atom stereocenters. The van der Waals surface area contributed by atoms with Crippen molar-refractivity contribution in [3.8, 4) is 0 Å². The van der Waals surface area contributed by atoms with Crippen LogP contribution in [0, 0.1) is 0 Å². The largest absolute Gasteiger partial charge is 0.465 e. The van der Waals surface area contributed by atoms with E-state index in [9.17, 15) is 9.59 Å². The van der Waals surface area contributed by atoms with Gasteiger partial charge in [0.1, 0.15) is 0 Å². The van der Waals surface area contributed by atoms with E-state index in [1.807, 2.05) is 24.3 Å². The second-order valence-corrected chi connectivity index (χ2v) is 8.86. The summed E-state index contributed by atoms with van der Waals surface area (Å²) in [7, 11) is 1.34. The number of amides is 1. The highest BCUT2D eigenvalue weighted by atomic mass is 16.5. The normalized spacial score (nSPS) is 16.9. The SMILES string of the molecule is COC(=O)c1ccc2c(c1)/C(=C(/Nc1cccc(CN3CCCCC3)c1)c1cccnc1)C(=O)N2. The van der Waals surface area contributed by atoms with Gasteiger partial charge in [0.05, 0.1) is 23.9 Å². The molecule has 3 aromatic rings. The summed E-state index contributed by atoms with van der Waals surface area (Å²) >= 11 is 0. The van der Waals surface area contributed by atoms with Gasteiger partial charge in [0.15, 0.2) is 0 Å². The Morgan fingerprint density at radius 2 is 1.91 bits per heavy atom. The van der Waals surface area contributed by atoms with Gasteiger partial charge in [0, 0.05) is 41.4 Å². The molecule has 0 spiro atoms. The third-order valence-corrected chi connectivity index (χ3v) is 6.44. The number of anilines is 2. The van der Waals surface area contributed by atoms with Gasteiger partial charge in [-0.3, -0.25) is 14.7 Å². The second kappa shape index (κ2) is 10.1. The summed E-state index contributed by atoms with van der Waals surface area (Å²) < 4.78 is 4.88. The highest BCUT2D eigenvalue weighted by Gasteiger charge is 2.29. The lowest BCUT2D eigenvalue weighted by molar-refractivity contribution is -0.110. The molecule has 35 heavy (non-hydrogen) atoms. The summed E-state index contributed by atoms with van der Waals surface area (Å²) in [4.78, 5) is 32.1. The van der Waals surface area contributed by atoms with E-state index in [2.05, 4.69) is 32.7 Å². The minimum atomic E-state index is -0.451. The Morgan fingerprint density at radius 1 is 1.06 bits per heavy atom. The van der Waals surface area contributed by atoms with Gasteiger partial charge in [-0.1, -0.05) is 18.6 Å². The number of esters is 1. The van der Waals surface area contributed by atoms with Gasteiger partial charge in [-0.15, -0.1) is 0 Å². The van der Waals surface area contributed by atoms with Crippen LogP contribution in [0.3, 0.4) is 0 Å². The number of ether oxygens (including phenoxy) is 1. The van der Waals surface area contributed by atoms with Crippen LogP contribution in [0.15, 0.2) is 67.0 Å². The summed E-state index contributed by atoms with van der Waals surface area (Å²) in [6, 6.07) is 17.1. The molecule has 1 saturated heterocycles. The Labute approximate surface area is 204 Å². The summed E-state index contributed by atoms with van der Waals surface area (Å²) in [5, 5.41) is 6.41. The van der Waals surface area contributed by atoms with Crippen molar-refractivity contribution >= 4 is 34.5 Å². The van der Waals surface area contributed by atoms with Gasteiger partial charge in [0.25, 0.3) is 5.91 Å². The molecule has 5 rings (SSSR count). The molecule has 0 atom stereocenters. The van der Waals surface area contributed by atoms with Crippen molar-refractivity contribution in [3.63, 3.8) is 0 Å². The van der Waals surface area contributed by atoms with Crippen LogP contribution in [0.5, 0.6) is 0 Å². The number of likely N-dealkylation sites (tertiary alicyclic amines) is 1. The third-order valence-electron chi connectivity index (χ3n) is 6.44. The van der Waals surface area contributed by atoms with Crippen LogP contribution in [0.2, 0.25) is 0 Å². The van der Waals surface area contributed by atoms with Crippen molar-refractivity contribution in [1.29, 1.82) is 0 Å². The molecule has 178 valence electrons. The fourth-order valence-electron chi connectivity index (χ4n) is 4.72. The van der Waals surface area contributed by atoms with E-state index in [4.69, 9.17) is 4.74 Å². The average molecular weight is 469 g/mol. The summed E-state index contributed by atoms with van der Waals surface area (Å²) in [6.45, 7) is 3.16. The molecule has 1 fully saturated rings. The minimum absolute atomic E-state index is 0.238. The molecule has 0 aliphatic carbocycles. The molecule has 1 aromatic heterocycles. The molecule has 0 radical (unpaired) electrons. The molecular formula is C28H28N4O3. The Kier molecular flexibility index (Phi) is 6.59. The van der Waals surface area contributed by atoms with E-state index in [1.165, 1.54) is 31.9 Å². The number of rotatable bonds is 6. The highest BCUT2D eigenvalue weighted by molar-refractivity contribution is 6.37. The Balaban J connectivity index is 1.55. The fraction of sp³-hybridized carbons (Fsp3) is 0.250. The van der Waals surface area contributed by atoms with Crippen LogP contribution >= 0.6 is 0 Å². The summed E-state index contributed by atoms with van der Waals surface area (Å²) in [5.41, 5.74) is 5.65. The van der Waals surface area contributed by atoms with E-state index in [1.54, 1.807) is 30.6 Å². The molecule has 1 amide bonds. The first-order valence-corrected chi connectivity index (χ1v) is 11.9. The monoisotopic (exact) mass is 468 g/mol. The average Bonchev–Trinajstić information content (AvgIpc) is 3.23. The number of fused-ring (bicyclic) bond motifs is 1. The number of hydrogen-bond acceptors (Lipinski definition) is 6. The van der Waals surface area contributed by atoms with Crippen molar-refractivity contribution in [3.05, 3.63) is 89.2 Å². The van der Waals surface area contributed by atoms with E-state index in [0.717, 1.165) is 30.9 Å². The number of carbonyl (C=O) groups is 2. The molecule has 3 heterocycles. The smallest absolute Gasteiger partial charge is 0.337 e. The minimum Gasteiger partial charge on any atom is -0.465 e. The Bertz CT molecular complexity index is 1280. The third kappa shape index (κ3) is 4.95. The molecule has 7 heteroatoms. The number of piperidine rings is 1. The molecular weight excluding hydrogens is 440 g/mol. The maximum absolute atomic E-state index is 13.2. The lowest BCUT2D eigenvalue weighted by Crippen LogP contribution is -2.29. The first kappa shape index (κ1) is 22.8. The van der Waals surface area contributed by atoms with Crippen LogP contribution in [-0.2, 0) is 16.1 Å². The van der Waals surface area contributed by atoms with Crippen LogP contribution in [0.1, 0.15) is 46.3 Å². The molecule has 0 bridgehead atoms. The zero-order valence-corrected chi connectivity index (χ0v) is 19.7. The summed E-state index contributed by atoms with van der Waals surface area (Å²) in [6.07, 6.45) is 7.22. The predicted molar refractivity (Wildman–Crippen MR) is 137 cm³/mol. The molecule has 7 nitrogen and oxygen atoms in total. The predicted octanol–water partition coefficient (Wildman–Crippen LogP) is 4.79. The van der Waals surface area contributed by atoms with Gasteiger partial charge in [0.2, 0.25) is 0 Å². The van der Waals surface area contributed by atoms with Gasteiger partial charge in [-0.25, -0.2) is 4.79 Å². The van der Waals surface area contributed by atoms with Gasteiger partial charge in [-0.05, 0) is 74.0 Å². The number of hydrogen-bond donors (Lipinski definition) is 2. The van der Waals surface area contributed by atoms with Crippen LogP contribution < -0.4 is 10.6 Å². The van der Waals surface area contributed by atoms with Crippen molar-refractivity contribution < 1.29 is 14.3 Å². The zero-order valence-electron chi connectivity index (χ0n) is 19.7. The number of nitrogens with one attached hydrogen (secondary N) is 2. The van der Waals surface area contributed by atoms with Crippen LogP contribution in [0.4, 0.5) is 11.4 Å². The van der Waals surface area contributed by atoms with E-state index in [0.29, 0.717) is 28.1 Å². The van der Waals surface area contributed by atoms with E-state index >= 15 is 0 Å². The van der Waals surface area contributed by atoms with Crippen molar-refractivity contribution in [2.45, 2.75) is 25.8 Å². The Morgan fingerprint density at radius 3 is 2.69 bits per heavy atom. The fourth-order valence-corrected chi connectivity index (χ4v) is 4.72. The lowest BCUT2D eigenvalue weighted by Gasteiger charge is -2.26. The molecule has 2 aliphatic rings. The van der Waals surface area contributed by atoms with E-state index < -0.39 is 5.97 Å². The maximum atomic E-state index is 13.2. The first-order valence-electron chi connectivity index (χ1n) is 11.9. The maximum Gasteiger partial charge on any atom is 0.337 e. The van der Waals surface area contributed by atoms with Crippen molar-refractivity contribution in [2.75, 3.05) is 30.8 Å². The molecule has 2 aromatic carbocycles. The van der Waals surface area contributed by atoms with Crippen molar-refractivity contribution in [1.82, 2.24) is 9.88 Å². The second-order valence-electron chi connectivity index (χ2n) is 8.86. The molecule has 0 saturated carbocycles. The number of aromatic nitrogens is 1. The summed E-state index contributed by atoms with van der Waals surface area (Å²) in [5.74, 6) is -0.689. The number of carbonyl (C=O) groups excluding carboxylic acids is 2. The van der Waals surface area contributed by atoms with Gasteiger partial charge >= 0.3 is 5.97 Å². The molecule has 2 aliphatic heterocycles. The molecule has 2 N–H and O–H groups in total. The van der Waals surface area contributed by atoms with Gasteiger partial charge < -0.3 is 15.4 Å². The lowest BCUT2D eigenvalue weighted by atomic mass is 9.99. The van der Waals surface area contributed by atoms with E-state index in [-0.39, 0.29) is 5.91 Å². The zero-order chi connectivity index (χ0) is 24.2.